The third-order valence-electron chi connectivity index (χ3n) is 3.82. The Balaban J connectivity index is 1.69. The maximum Gasteiger partial charge on any atom is 0.276 e. The maximum atomic E-state index is 13.6. The number of nitrogens with zero attached hydrogens (tertiary/aromatic N) is 3. The van der Waals surface area contributed by atoms with Gasteiger partial charge >= 0.3 is 0 Å². The predicted molar refractivity (Wildman–Crippen MR) is 94.9 cm³/mol. The van der Waals surface area contributed by atoms with Crippen molar-refractivity contribution >= 4 is 17.4 Å². The van der Waals surface area contributed by atoms with Crippen LogP contribution in [0.25, 0.3) is 0 Å². The second kappa shape index (κ2) is 7.86. The van der Waals surface area contributed by atoms with Crippen molar-refractivity contribution in [2.75, 3.05) is 17.3 Å². The molecule has 138 valence electrons. The SMILES string of the molecule is CN(Cc1ccccc1)c1ccc(C(=O)Nc2ccc(F)c(F)c2F)nn1. The molecule has 0 unspecified atom stereocenters. The summed E-state index contributed by atoms with van der Waals surface area (Å²) in [5.74, 6) is -4.72. The number of halogens is 3. The number of rotatable bonds is 5. The Morgan fingerprint density at radius 1 is 0.963 bits per heavy atom. The zero-order chi connectivity index (χ0) is 19.4. The summed E-state index contributed by atoms with van der Waals surface area (Å²) in [6.45, 7) is 0.598. The molecule has 1 aromatic heterocycles. The highest BCUT2D eigenvalue weighted by Gasteiger charge is 2.17. The van der Waals surface area contributed by atoms with E-state index in [1.807, 2.05) is 42.3 Å². The summed E-state index contributed by atoms with van der Waals surface area (Å²) >= 11 is 0. The zero-order valence-electron chi connectivity index (χ0n) is 14.3. The van der Waals surface area contributed by atoms with E-state index < -0.39 is 29.0 Å². The molecule has 2 aromatic carbocycles. The summed E-state index contributed by atoms with van der Waals surface area (Å²) < 4.78 is 39.8. The van der Waals surface area contributed by atoms with Gasteiger partial charge in [-0.2, -0.15) is 0 Å². The van der Waals surface area contributed by atoms with Crippen molar-refractivity contribution in [2.24, 2.45) is 0 Å². The summed E-state index contributed by atoms with van der Waals surface area (Å²) in [4.78, 5) is 14.0. The fourth-order valence-corrected chi connectivity index (χ4v) is 2.40. The van der Waals surface area contributed by atoms with Gasteiger partial charge in [0, 0.05) is 13.6 Å². The molecule has 0 saturated carbocycles. The number of carbonyl (C=O) groups is 1. The number of amides is 1. The molecule has 1 heterocycles. The van der Waals surface area contributed by atoms with E-state index in [-0.39, 0.29) is 5.69 Å². The van der Waals surface area contributed by atoms with E-state index in [9.17, 15) is 18.0 Å². The monoisotopic (exact) mass is 372 g/mol. The molecule has 1 N–H and O–H groups in total. The van der Waals surface area contributed by atoms with Gasteiger partial charge in [0.05, 0.1) is 5.69 Å². The van der Waals surface area contributed by atoms with Crippen LogP contribution >= 0.6 is 0 Å². The van der Waals surface area contributed by atoms with Crippen molar-refractivity contribution in [2.45, 2.75) is 6.54 Å². The highest BCUT2D eigenvalue weighted by Crippen LogP contribution is 2.20. The van der Waals surface area contributed by atoms with Crippen LogP contribution in [0.3, 0.4) is 0 Å². The van der Waals surface area contributed by atoms with Crippen molar-refractivity contribution in [1.29, 1.82) is 0 Å². The van der Waals surface area contributed by atoms with Crippen molar-refractivity contribution in [1.82, 2.24) is 10.2 Å². The van der Waals surface area contributed by atoms with Gasteiger partial charge in [-0.05, 0) is 29.8 Å². The fraction of sp³-hybridized carbons (Fsp3) is 0.105. The van der Waals surface area contributed by atoms with Gasteiger partial charge in [0.1, 0.15) is 0 Å². The van der Waals surface area contributed by atoms with Gasteiger partial charge in [-0.1, -0.05) is 30.3 Å². The van der Waals surface area contributed by atoms with Gasteiger partial charge < -0.3 is 10.2 Å². The smallest absolute Gasteiger partial charge is 0.276 e. The van der Waals surface area contributed by atoms with Gasteiger partial charge in [0.15, 0.2) is 29.0 Å². The minimum Gasteiger partial charge on any atom is -0.354 e. The highest BCUT2D eigenvalue weighted by molar-refractivity contribution is 6.02. The van der Waals surface area contributed by atoms with E-state index in [1.165, 1.54) is 6.07 Å². The first-order chi connectivity index (χ1) is 13.0. The molecule has 3 aromatic rings. The molecule has 27 heavy (non-hydrogen) atoms. The van der Waals surface area contributed by atoms with Crippen molar-refractivity contribution in [3.8, 4) is 0 Å². The summed E-state index contributed by atoms with van der Waals surface area (Å²) in [7, 11) is 1.83. The molecule has 8 heteroatoms. The first-order valence-corrected chi connectivity index (χ1v) is 7.99. The lowest BCUT2D eigenvalue weighted by Crippen LogP contribution is -2.20. The number of benzene rings is 2. The average Bonchev–Trinajstić information content (AvgIpc) is 2.69. The Hall–Kier alpha value is -3.42. The zero-order valence-corrected chi connectivity index (χ0v) is 14.3. The van der Waals surface area contributed by atoms with Crippen LogP contribution in [0.2, 0.25) is 0 Å². The average molecular weight is 372 g/mol. The third-order valence-corrected chi connectivity index (χ3v) is 3.82. The largest absolute Gasteiger partial charge is 0.354 e. The number of hydrogen-bond donors (Lipinski definition) is 1. The van der Waals surface area contributed by atoms with Crippen molar-refractivity contribution in [3.05, 3.63) is 83.3 Å². The fourth-order valence-electron chi connectivity index (χ4n) is 2.40. The van der Waals surface area contributed by atoms with Crippen LogP contribution in [-0.2, 0) is 6.54 Å². The van der Waals surface area contributed by atoms with E-state index in [1.54, 1.807) is 6.07 Å². The summed E-state index contributed by atoms with van der Waals surface area (Å²) in [6.07, 6.45) is 0. The number of carbonyl (C=O) groups excluding carboxylic acids is 1. The predicted octanol–water partition coefficient (Wildman–Crippen LogP) is 3.78. The minimum absolute atomic E-state index is 0.0870. The van der Waals surface area contributed by atoms with Crippen LogP contribution in [0.4, 0.5) is 24.7 Å². The Labute approximate surface area is 153 Å². The number of aromatic nitrogens is 2. The van der Waals surface area contributed by atoms with E-state index in [0.29, 0.717) is 12.4 Å². The van der Waals surface area contributed by atoms with Gasteiger partial charge in [-0.15, -0.1) is 10.2 Å². The van der Waals surface area contributed by atoms with Gasteiger partial charge in [0.2, 0.25) is 0 Å². The lowest BCUT2D eigenvalue weighted by molar-refractivity contribution is 0.102. The lowest BCUT2D eigenvalue weighted by Gasteiger charge is -2.17. The highest BCUT2D eigenvalue weighted by atomic mass is 19.2. The molecule has 3 rings (SSSR count). The molecule has 0 aliphatic rings. The molecule has 0 saturated heterocycles. The molecular weight excluding hydrogens is 357 g/mol. The van der Waals surface area contributed by atoms with E-state index in [4.69, 9.17) is 0 Å². The van der Waals surface area contributed by atoms with Crippen LogP contribution in [0.1, 0.15) is 16.1 Å². The molecule has 0 bridgehead atoms. The molecule has 0 aliphatic carbocycles. The van der Waals surface area contributed by atoms with Crippen LogP contribution in [0, 0.1) is 17.5 Å². The van der Waals surface area contributed by atoms with Gasteiger partial charge in [-0.3, -0.25) is 4.79 Å². The Morgan fingerprint density at radius 2 is 1.70 bits per heavy atom. The van der Waals surface area contributed by atoms with Gasteiger partial charge in [-0.25, -0.2) is 13.2 Å². The minimum atomic E-state index is -1.66. The molecule has 0 atom stereocenters. The van der Waals surface area contributed by atoms with Crippen molar-refractivity contribution < 1.29 is 18.0 Å². The lowest BCUT2D eigenvalue weighted by atomic mass is 10.2. The third kappa shape index (κ3) is 4.22. The van der Waals surface area contributed by atoms with E-state index in [0.717, 1.165) is 17.7 Å². The van der Waals surface area contributed by atoms with Crippen LogP contribution in [0.15, 0.2) is 54.6 Å². The molecule has 0 aliphatic heterocycles. The molecule has 1 amide bonds. The van der Waals surface area contributed by atoms with E-state index in [2.05, 4.69) is 15.5 Å². The van der Waals surface area contributed by atoms with Crippen LogP contribution in [-0.4, -0.2) is 23.2 Å². The first-order valence-electron chi connectivity index (χ1n) is 7.99. The second-order valence-corrected chi connectivity index (χ2v) is 5.80. The molecule has 0 fully saturated rings. The number of hydrogen-bond acceptors (Lipinski definition) is 4. The van der Waals surface area contributed by atoms with Crippen molar-refractivity contribution in [3.63, 3.8) is 0 Å². The standard InChI is InChI=1S/C19H15F3N4O/c1-26(11-12-5-3-2-4-6-12)16-10-9-15(24-25-16)19(27)23-14-8-7-13(20)17(21)18(14)22/h2-10H,11H2,1H3,(H,23,27). The first kappa shape index (κ1) is 18.4. The second-order valence-electron chi connectivity index (χ2n) is 5.80. The normalized spacial score (nSPS) is 10.5. The molecule has 0 radical (unpaired) electrons. The number of nitrogens with one attached hydrogen (secondary N) is 1. The van der Waals surface area contributed by atoms with Crippen LogP contribution < -0.4 is 10.2 Å². The van der Waals surface area contributed by atoms with E-state index >= 15 is 0 Å². The summed E-state index contributed by atoms with van der Waals surface area (Å²) in [6, 6.07) is 14.4. The summed E-state index contributed by atoms with van der Waals surface area (Å²) in [5, 5.41) is 9.94. The maximum absolute atomic E-state index is 13.6. The topological polar surface area (TPSA) is 58.1 Å². The van der Waals surface area contributed by atoms with Gasteiger partial charge in [0.25, 0.3) is 5.91 Å². The Morgan fingerprint density at radius 3 is 2.37 bits per heavy atom. The molecule has 0 spiro atoms. The Bertz CT molecular complexity index is 949. The molecule has 5 nitrogen and oxygen atoms in total. The quantitative estimate of drug-likeness (QED) is 0.693. The van der Waals surface area contributed by atoms with Crippen LogP contribution in [0.5, 0.6) is 0 Å². The molecular formula is C19H15F3N4O. The number of anilines is 2. The Kier molecular flexibility index (Phi) is 5.35. The summed E-state index contributed by atoms with van der Waals surface area (Å²) in [5.41, 5.74) is 0.513.